The van der Waals surface area contributed by atoms with Crippen LogP contribution in [0.15, 0.2) is 71.1 Å². The Balaban J connectivity index is 1.46. The van der Waals surface area contributed by atoms with Crippen molar-refractivity contribution < 1.29 is 14.0 Å². The van der Waals surface area contributed by atoms with Crippen molar-refractivity contribution >= 4 is 29.1 Å². The molecule has 190 valence electrons. The van der Waals surface area contributed by atoms with Gasteiger partial charge >= 0.3 is 0 Å². The van der Waals surface area contributed by atoms with E-state index < -0.39 is 6.04 Å². The molecule has 0 radical (unpaired) electrons. The average Bonchev–Trinajstić information content (AvgIpc) is 3.66. The third-order valence-electron chi connectivity index (χ3n) is 6.37. The fraction of sp³-hybridized carbons (Fsp3) is 0.296. The van der Waals surface area contributed by atoms with Gasteiger partial charge in [0.1, 0.15) is 18.1 Å². The molecule has 0 saturated heterocycles. The molecule has 1 aliphatic carbocycles. The molecule has 4 aromatic rings. The number of rotatable bonds is 8. The van der Waals surface area contributed by atoms with Gasteiger partial charge in [0.15, 0.2) is 6.04 Å². The number of tetrazole rings is 1. The maximum Gasteiger partial charge on any atom is 0.251 e. The van der Waals surface area contributed by atoms with Gasteiger partial charge in [-0.3, -0.25) is 14.5 Å². The van der Waals surface area contributed by atoms with Crippen molar-refractivity contribution in [1.82, 2.24) is 25.5 Å². The fourth-order valence-corrected chi connectivity index (χ4v) is 4.70. The standard InChI is InChI=1S/C27H27ClN6O3/c1-18-11-16-23(37-18)25(27(36)29-21-7-5-6-8-21)34(22-9-3-2-4-10-22)24(35)17-33-31-26(30-32-33)19-12-14-20(28)15-13-19/h2-4,9-16,21,25H,5-8,17H2,1H3,(H,29,36). The van der Waals surface area contributed by atoms with Crippen LogP contribution >= 0.6 is 11.6 Å². The van der Waals surface area contributed by atoms with Crippen molar-refractivity contribution in [3.63, 3.8) is 0 Å². The third kappa shape index (κ3) is 5.72. The van der Waals surface area contributed by atoms with Gasteiger partial charge in [-0.1, -0.05) is 42.6 Å². The van der Waals surface area contributed by atoms with Crippen LogP contribution in [-0.2, 0) is 16.1 Å². The molecule has 1 saturated carbocycles. The Labute approximate surface area is 219 Å². The van der Waals surface area contributed by atoms with Crippen LogP contribution in [0.5, 0.6) is 0 Å². The van der Waals surface area contributed by atoms with E-state index in [1.54, 1.807) is 48.5 Å². The molecule has 1 atom stereocenters. The van der Waals surface area contributed by atoms with Gasteiger partial charge in [-0.05, 0) is 73.5 Å². The van der Waals surface area contributed by atoms with Crippen LogP contribution in [0.2, 0.25) is 5.02 Å². The number of halogens is 1. The second kappa shape index (κ2) is 11.0. The molecule has 1 aliphatic rings. The summed E-state index contributed by atoms with van der Waals surface area (Å²) in [4.78, 5) is 30.2. The highest BCUT2D eigenvalue weighted by molar-refractivity contribution is 6.30. The summed E-state index contributed by atoms with van der Waals surface area (Å²) in [6, 6.07) is 18.7. The summed E-state index contributed by atoms with van der Waals surface area (Å²) < 4.78 is 5.89. The van der Waals surface area contributed by atoms with Crippen LogP contribution in [0.4, 0.5) is 5.69 Å². The number of para-hydroxylation sites is 1. The van der Waals surface area contributed by atoms with Crippen LogP contribution in [0.25, 0.3) is 11.4 Å². The first kappa shape index (κ1) is 24.7. The van der Waals surface area contributed by atoms with Gasteiger partial charge in [0, 0.05) is 22.3 Å². The highest BCUT2D eigenvalue weighted by Crippen LogP contribution is 2.30. The molecule has 37 heavy (non-hydrogen) atoms. The molecule has 2 aromatic heterocycles. The summed E-state index contributed by atoms with van der Waals surface area (Å²) in [7, 11) is 0. The van der Waals surface area contributed by atoms with Gasteiger partial charge in [-0.15, -0.1) is 10.2 Å². The minimum atomic E-state index is -0.997. The van der Waals surface area contributed by atoms with Gasteiger partial charge in [0.25, 0.3) is 11.8 Å². The first-order valence-corrected chi connectivity index (χ1v) is 12.6. The fourth-order valence-electron chi connectivity index (χ4n) is 4.57. The Kier molecular flexibility index (Phi) is 7.32. The van der Waals surface area contributed by atoms with Crippen LogP contribution in [-0.4, -0.2) is 38.1 Å². The van der Waals surface area contributed by atoms with Gasteiger partial charge < -0.3 is 9.73 Å². The van der Waals surface area contributed by atoms with Gasteiger partial charge in [-0.25, -0.2) is 0 Å². The highest BCUT2D eigenvalue weighted by Gasteiger charge is 2.36. The van der Waals surface area contributed by atoms with Crippen molar-refractivity contribution in [2.45, 2.75) is 51.2 Å². The number of amides is 2. The lowest BCUT2D eigenvalue weighted by atomic mass is 10.1. The predicted molar refractivity (Wildman–Crippen MR) is 139 cm³/mol. The second-order valence-corrected chi connectivity index (χ2v) is 9.53. The van der Waals surface area contributed by atoms with Crippen molar-refractivity contribution in [1.29, 1.82) is 0 Å². The van der Waals surface area contributed by atoms with E-state index in [4.69, 9.17) is 16.0 Å². The van der Waals surface area contributed by atoms with Crippen LogP contribution < -0.4 is 10.2 Å². The summed E-state index contributed by atoms with van der Waals surface area (Å²) >= 11 is 5.97. The molecule has 2 amide bonds. The summed E-state index contributed by atoms with van der Waals surface area (Å²) in [6.45, 7) is 1.59. The SMILES string of the molecule is Cc1ccc(C(C(=O)NC2CCCC2)N(C(=O)Cn2nnc(-c3ccc(Cl)cc3)n2)c2ccccc2)o1. The van der Waals surface area contributed by atoms with Gasteiger partial charge in [0.05, 0.1) is 0 Å². The Morgan fingerprint density at radius 3 is 2.49 bits per heavy atom. The molecule has 0 spiro atoms. The number of benzene rings is 2. The van der Waals surface area contributed by atoms with E-state index in [0.29, 0.717) is 28.1 Å². The summed E-state index contributed by atoms with van der Waals surface area (Å²) in [5.41, 5.74) is 1.29. The lowest BCUT2D eigenvalue weighted by Gasteiger charge is -2.30. The first-order valence-electron chi connectivity index (χ1n) is 12.3. The van der Waals surface area contributed by atoms with E-state index in [0.717, 1.165) is 31.2 Å². The number of carbonyl (C=O) groups excluding carboxylic acids is 2. The molecular weight excluding hydrogens is 492 g/mol. The average molecular weight is 519 g/mol. The second-order valence-electron chi connectivity index (χ2n) is 9.09. The molecule has 0 aliphatic heterocycles. The zero-order chi connectivity index (χ0) is 25.8. The topological polar surface area (TPSA) is 106 Å². The largest absolute Gasteiger partial charge is 0.464 e. The minimum Gasteiger partial charge on any atom is -0.464 e. The van der Waals surface area contributed by atoms with Crippen LogP contribution in [0.3, 0.4) is 0 Å². The number of aryl methyl sites for hydroxylation is 1. The number of hydrogen-bond acceptors (Lipinski definition) is 6. The number of hydrogen-bond donors (Lipinski definition) is 1. The quantitative estimate of drug-likeness (QED) is 0.361. The molecule has 10 heteroatoms. The maximum atomic E-state index is 13.8. The highest BCUT2D eigenvalue weighted by atomic mass is 35.5. The number of nitrogens with one attached hydrogen (secondary N) is 1. The smallest absolute Gasteiger partial charge is 0.251 e. The molecule has 1 fully saturated rings. The Bertz CT molecular complexity index is 1360. The zero-order valence-electron chi connectivity index (χ0n) is 20.4. The predicted octanol–water partition coefficient (Wildman–Crippen LogP) is 4.73. The molecule has 2 heterocycles. The lowest BCUT2D eigenvalue weighted by molar-refractivity contribution is -0.128. The Morgan fingerprint density at radius 2 is 1.81 bits per heavy atom. The van der Waals surface area contributed by atoms with E-state index >= 15 is 0 Å². The number of furan rings is 1. The van der Waals surface area contributed by atoms with Crippen molar-refractivity contribution in [3.05, 3.63) is 83.3 Å². The monoisotopic (exact) mass is 518 g/mol. The molecule has 2 aromatic carbocycles. The summed E-state index contributed by atoms with van der Waals surface area (Å²) in [5.74, 6) is 0.741. The van der Waals surface area contributed by atoms with E-state index in [1.807, 2.05) is 25.1 Å². The number of aromatic nitrogens is 4. The first-order chi connectivity index (χ1) is 18.0. The van der Waals surface area contributed by atoms with E-state index in [-0.39, 0.29) is 24.4 Å². The van der Waals surface area contributed by atoms with E-state index in [1.165, 1.54) is 9.70 Å². The summed E-state index contributed by atoms with van der Waals surface area (Å²) in [5, 5.41) is 16.2. The van der Waals surface area contributed by atoms with Crippen molar-refractivity contribution in [2.24, 2.45) is 0 Å². The molecule has 9 nitrogen and oxygen atoms in total. The van der Waals surface area contributed by atoms with Gasteiger partial charge in [-0.2, -0.15) is 4.80 Å². The molecule has 1 N–H and O–H groups in total. The van der Waals surface area contributed by atoms with Crippen molar-refractivity contribution in [2.75, 3.05) is 4.90 Å². The number of anilines is 1. The Hall–Kier alpha value is -3.98. The number of nitrogens with zero attached hydrogens (tertiary/aromatic N) is 5. The molecule has 5 rings (SSSR count). The van der Waals surface area contributed by atoms with E-state index in [2.05, 4.69) is 20.7 Å². The van der Waals surface area contributed by atoms with Crippen molar-refractivity contribution in [3.8, 4) is 11.4 Å². The van der Waals surface area contributed by atoms with Gasteiger partial charge in [0.2, 0.25) is 5.82 Å². The molecule has 0 bridgehead atoms. The maximum absolute atomic E-state index is 13.8. The zero-order valence-corrected chi connectivity index (χ0v) is 21.1. The minimum absolute atomic E-state index is 0.0812. The molecular formula is C27H27ClN6O3. The lowest BCUT2D eigenvalue weighted by Crippen LogP contribution is -2.47. The third-order valence-corrected chi connectivity index (χ3v) is 6.63. The Morgan fingerprint density at radius 1 is 1.08 bits per heavy atom. The van der Waals surface area contributed by atoms with Crippen LogP contribution in [0.1, 0.15) is 43.2 Å². The molecule has 1 unspecified atom stereocenters. The van der Waals surface area contributed by atoms with Crippen LogP contribution in [0, 0.1) is 6.92 Å². The summed E-state index contributed by atoms with van der Waals surface area (Å²) in [6.07, 6.45) is 3.99. The number of carbonyl (C=O) groups is 2. The normalized spacial score (nSPS) is 14.4. The van der Waals surface area contributed by atoms with E-state index in [9.17, 15) is 9.59 Å².